The lowest BCUT2D eigenvalue weighted by molar-refractivity contribution is -0.123. The fourth-order valence-electron chi connectivity index (χ4n) is 2.61. The summed E-state index contributed by atoms with van der Waals surface area (Å²) in [6.45, 7) is 3.66. The molecular formula is C21H23BrClN3O4. The highest BCUT2D eigenvalue weighted by molar-refractivity contribution is 9.10. The molecule has 9 heteroatoms. The minimum atomic E-state index is -0.780. The van der Waals surface area contributed by atoms with Crippen molar-refractivity contribution in [3.63, 3.8) is 0 Å². The summed E-state index contributed by atoms with van der Waals surface area (Å²) >= 11 is 9.33. The van der Waals surface area contributed by atoms with Crippen LogP contribution in [0.15, 0.2) is 46.0 Å². The first kappa shape index (κ1) is 23.7. The smallest absolute Gasteiger partial charge is 0.262 e. The fourth-order valence-corrected chi connectivity index (χ4v) is 3.32. The van der Waals surface area contributed by atoms with Gasteiger partial charge in [0, 0.05) is 22.2 Å². The molecule has 2 rings (SSSR count). The van der Waals surface area contributed by atoms with Gasteiger partial charge in [-0.15, -0.1) is 0 Å². The minimum Gasteiger partial charge on any atom is -0.496 e. The predicted molar refractivity (Wildman–Crippen MR) is 121 cm³/mol. The molecular weight excluding hydrogens is 474 g/mol. The molecule has 2 amide bonds. The topological polar surface area (TPSA) is 89.0 Å². The highest BCUT2D eigenvalue weighted by atomic mass is 79.9. The number of benzene rings is 2. The van der Waals surface area contributed by atoms with E-state index in [1.807, 2.05) is 13.8 Å². The number of hydrogen-bond acceptors (Lipinski definition) is 5. The van der Waals surface area contributed by atoms with E-state index in [2.05, 4.69) is 31.8 Å². The number of halogens is 2. The molecule has 0 aromatic heterocycles. The van der Waals surface area contributed by atoms with Gasteiger partial charge in [0.25, 0.3) is 11.8 Å². The van der Waals surface area contributed by atoms with Crippen molar-refractivity contribution in [1.29, 1.82) is 0 Å². The first-order valence-corrected chi connectivity index (χ1v) is 10.2. The number of rotatable bonds is 8. The summed E-state index contributed by atoms with van der Waals surface area (Å²) in [5.74, 6) is 0.145. The van der Waals surface area contributed by atoms with E-state index in [0.717, 1.165) is 0 Å². The van der Waals surface area contributed by atoms with Crippen LogP contribution in [0.2, 0.25) is 5.02 Å². The predicted octanol–water partition coefficient (Wildman–Crippen LogP) is 4.02. The highest BCUT2D eigenvalue weighted by Crippen LogP contribution is 2.31. The Kier molecular flexibility index (Phi) is 8.68. The summed E-state index contributed by atoms with van der Waals surface area (Å²) in [6.07, 6.45) is 1.46. The van der Waals surface area contributed by atoms with Gasteiger partial charge >= 0.3 is 0 Å². The number of carbonyl (C=O) groups is 2. The molecule has 0 aliphatic carbocycles. The molecule has 0 aliphatic rings. The monoisotopic (exact) mass is 495 g/mol. The van der Waals surface area contributed by atoms with Gasteiger partial charge < -0.3 is 14.8 Å². The Labute approximate surface area is 188 Å². The van der Waals surface area contributed by atoms with Crippen LogP contribution in [-0.4, -0.2) is 38.3 Å². The molecule has 1 unspecified atom stereocenters. The number of nitrogens with zero attached hydrogens (tertiary/aromatic N) is 1. The zero-order valence-corrected chi connectivity index (χ0v) is 19.4. The van der Waals surface area contributed by atoms with Crippen LogP contribution in [-0.2, 0) is 4.79 Å². The van der Waals surface area contributed by atoms with Gasteiger partial charge in [-0.2, -0.15) is 5.10 Å². The first-order chi connectivity index (χ1) is 14.3. The number of ether oxygens (including phenoxy) is 2. The van der Waals surface area contributed by atoms with Crippen molar-refractivity contribution in [3.05, 3.63) is 57.0 Å². The molecule has 0 bridgehead atoms. The molecule has 0 fully saturated rings. The van der Waals surface area contributed by atoms with E-state index in [9.17, 15) is 9.59 Å². The quantitative estimate of drug-likeness (QED) is 0.427. The van der Waals surface area contributed by atoms with E-state index < -0.39 is 17.9 Å². The van der Waals surface area contributed by atoms with Crippen molar-refractivity contribution in [3.8, 4) is 11.5 Å². The summed E-state index contributed by atoms with van der Waals surface area (Å²) in [7, 11) is 3.08. The Hall–Kier alpha value is -2.58. The highest BCUT2D eigenvalue weighted by Gasteiger charge is 2.24. The van der Waals surface area contributed by atoms with Crippen LogP contribution in [0.1, 0.15) is 29.8 Å². The average molecular weight is 497 g/mol. The molecule has 2 aromatic carbocycles. The Morgan fingerprint density at radius 2 is 1.83 bits per heavy atom. The molecule has 1 atom stereocenters. The van der Waals surface area contributed by atoms with Gasteiger partial charge in [0.05, 0.1) is 24.9 Å². The second-order valence-electron chi connectivity index (χ2n) is 6.67. The Bertz CT molecular complexity index is 950. The second kappa shape index (κ2) is 11.0. The third kappa shape index (κ3) is 6.21. The molecule has 0 saturated carbocycles. The number of hydrazone groups is 1. The second-order valence-corrected chi connectivity index (χ2v) is 7.96. The summed E-state index contributed by atoms with van der Waals surface area (Å²) in [5.41, 5.74) is 3.47. The zero-order chi connectivity index (χ0) is 22.3. The maximum atomic E-state index is 12.6. The lowest BCUT2D eigenvalue weighted by Gasteiger charge is -2.20. The maximum Gasteiger partial charge on any atom is 0.262 e. The number of nitrogens with one attached hydrogen (secondary N) is 2. The summed E-state index contributed by atoms with van der Waals surface area (Å²) < 4.78 is 11.3. The molecule has 0 saturated heterocycles. The van der Waals surface area contributed by atoms with Gasteiger partial charge in [0.1, 0.15) is 17.5 Å². The van der Waals surface area contributed by atoms with Gasteiger partial charge in [0.2, 0.25) is 0 Å². The van der Waals surface area contributed by atoms with E-state index in [0.29, 0.717) is 32.1 Å². The summed E-state index contributed by atoms with van der Waals surface area (Å²) in [5, 5.41) is 7.17. The standard InChI is InChI=1S/C21H23BrClN3O4/c1-12(2)19(25-20(27)13-6-5-7-15(23)8-13)21(28)26-24-11-14-9-16(22)18(30-4)10-17(14)29-3/h5-12,19H,1-4H3,(H,25,27)(H,26,28). The van der Waals surface area contributed by atoms with E-state index in [1.165, 1.54) is 19.4 Å². The van der Waals surface area contributed by atoms with Crippen molar-refractivity contribution >= 4 is 45.6 Å². The van der Waals surface area contributed by atoms with Crippen molar-refractivity contribution in [2.75, 3.05) is 14.2 Å². The summed E-state index contributed by atoms with van der Waals surface area (Å²) in [4.78, 5) is 25.1. The third-order valence-electron chi connectivity index (χ3n) is 4.21. The Morgan fingerprint density at radius 1 is 1.13 bits per heavy atom. The van der Waals surface area contributed by atoms with E-state index in [-0.39, 0.29) is 5.92 Å². The van der Waals surface area contributed by atoms with Crippen LogP contribution in [0, 0.1) is 5.92 Å². The Balaban J connectivity index is 2.10. The fraction of sp³-hybridized carbons (Fsp3) is 0.286. The van der Waals surface area contributed by atoms with E-state index in [1.54, 1.807) is 37.4 Å². The Morgan fingerprint density at radius 3 is 2.43 bits per heavy atom. The van der Waals surface area contributed by atoms with Crippen molar-refractivity contribution in [2.45, 2.75) is 19.9 Å². The van der Waals surface area contributed by atoms with Gasteiger partial charge in [-0.05, 0) is 46.1 Å². The number of carbonyl (C=O) groups excluding carboxylic acids is 2. The van der Waals surface area contributed by atoms with Crippen molar-refractivity contribution in [1.82, 2.24) is 10.7 Å². The van der Waals surface area contributed by atoms with Gasteiger partial charge in [-0.1, -0.05) is 31.5 Å². The molecule has 30 heavy (non-hydrogen) atoms. The van der Waals surface area contributed by atoms with Crippen molar-refractivity contribution in [2.24, 2.45) is 11.0 Å². The third-order valence-corrected chi connectivity index (χ3v) is 5.06. The molecule has 2 N–H and O–H groups in total. The van der Waals surface area contributed by atoms with Gasteiger partial charge in [0.15, 0.2) is 0 Å². The average Bonchev–Trinajstić information content (AvgIpc) is 2.71. The van der Waals surface area contributed by atoms with Crippen LogP contribution in [0.25, 0.3) is 0 Å². The van der Waals surface area contributed by atoms with Gasteiger partial charge in [-0.25, -0.2) is 5.43 Å². The molecule has 0 radical (unpaired) electrons. The van der Waals surface area contributed by atoms with Crippen molar-refractivity contribution < 1.29 is 19.1 Å². The zero-order valence-electron chi connectivity index (χ0n) is 17.0. The first-order valence-electron chi connectivity index (χ1n) is 9.07. The lowest BCUT2D eigenvalue weighted by atomic mass is 10.0. The lowest BCUT2D eigenvalue weighted by Crippen LogP contribution is -2.48. The molecule has 0 aliphatic heterocycles. The molecule has 0 spiro atoms. The van der Waals surface area contributed by atoms with E-state index in [4.69, 9.17) is 21.1 Å². The molecule has 0 heterocycles. The van der Waals surface area contributed by atoms with E-state index >= 15 is 0 Å². The summed E-state index contributed by atoms with van der Waals surface area (Å²) in [6, 6.07) is 9.19. The van der Waals surface area contributed by atoms with Crippen LogP contribution in [0.3, 0.4) is 0 Å². The van der Waals surface area contributed by atoms with Crippen LogP contribution in [0.4, 0.5) is 0 Å². The SMILES string of the molecule is COc1cc(OC)c(C=NNC(=O)C(NC(=O)c2cccc(Cl)c2)C(C)C)cc1Br. The maximum absolute atomic E-state index is 12.6. The minimum absolute atomic E-state index is 0.159. The molecule has 160 valence electrons. The molecule has 7 nitrogen and oxygen atoms in total. The number of methoxy groups -OCH3 is 2. The van der Waals surface area contributed by atoms with Crippen LogP contribution in [0.5, 0.6) is 11.5 Å². The largest absolute Gasteiger partial charge is 0.496 e. The normalized spacial score (nSPS) is 12.0. The number of hydrogen-bond donors (Lipinski definition) is 2. The molecule has 2 aromatic rings. The number of amides is 2. The van der Waals surface area contributed by atoms with Crippen LogP contribution < -0.4 is 20.2 Å². The van der Waals surface area contributed by atoms with Gasteiger partial charge in [-0.3, -0.25) is 9.59 Å². The van der Waals surface area contributed by atoms with Crippen LogP contribution >= 0.6 is 27.5 Å².